The standard InChI is InChI=1S/C17H25N3O2.ClH/c1-13(12-18-2)16(21)19-15-8-10-20(11-9-15)17(22)14-6-4-3-5-7-14;/h3-7,13,15,18H,8-12H2,1-2H3,(H,19,21);1H. The SMILES string of the molecule is CNCC(C)C(=O)NC1CCN(C(=O)c2ccccc2)CC1.Cl. The van der Waals surface area contributed by atoms with Gasteiger partial charge in [-0.15, -0.1) is 12.4 Å². The predicted molar refractivity (Wildman–Crippen MR) is 93.8 cm³/mol. The van der Waals surface area contributed by atoms with Crippen LogP contribution in [0.5, 0.6) is 0 Å². The lowest BCUT2D eigenvalue weighted by Crippen LogP contribution is -2.48. The second-order valence-electron chi connectivity index (χ2n) is 5.90. The number of piperidine rings is 1. The number of carbonyl (C=O) groups excluding carboxylic acids is 2. The van der Waals surface area contributed by atoms with Gasteiger partial charge in [0.2, 0.25) is 5.91 Å². The normalized spacial score (nSPS) is 16.3. The first-order valence-electron chi connectivity index (χ1n) is 7.91. The van der Waals surface area contributed by atoms with Crippen molar-refractivity contribution in [3.05, 3.63) is 35.9 Å². The number of nitrogens with zero attached hydrogens (tertiary/aromatic N) is 1. The monoisotopic (exact) mass is 339 g/mol. The Morgan fingerprint density at radius 1 is 1.22 bits per heavy atom. The van der Waals surface area contributed by atoms with Crippen LogP contribution in [0.2, 0.25) is 0 Å². The smallest absolute Gasteiger partial charge is 0.253 e. The summed E-state index contributed by atoms with van der Waals surface area (Å²) in [5.41, 5.74) is 0.729. The van der Waals surface area contributed by atoms with Crippen molar-refractivity contribution in [2.45, 2.75) is 25.8 Å². The third kappa shape index (κ3) is 5.52. The van der Waals surface area contributed by atoms with E-state index in [-0.39, 0.29) is 36.2 Å². The predicted octanol–water partition coefficient (Wildman–Crippen LogP) is 1.68. The summed E-state index contributed by atoms with van der Waals surface area (Å²) in [4.78, 5) is 26.2. The van der Waals surface area contributed by atoms with Crippen molar-refractivity contribution < 1.29 is 9.59 Å². The average molecular weight is 340 g/mol. The molecule has 1 heterocycles. The first-order valence-corrected chi connectivity index (χ1v) is 7.91. The van der Waals surface area contributed by atoms with E-state index in [9.17, 15) is 9.59 Å². The molecule has 1 saturated heterocycles. The summed E-state index contributed by atoms with van der Waals surface area (Å²) in [5, 5.41) is 6.10. The number of hydrogen-bond donors (Lipinski definition) is 2. The Morgan fingerprint density at radius 3 is 2.39 bits per heavy atom. The molecule has 1 fully saturated rings. The van der Waals surface area contributed by atoms with E-state index in [1.165, 1.54) is 0 Å². The van der Waals surface area contributed by atoms with Crippen LogP contribution in [0.15, 0.2) is 30.3 Å². The zero-order chi connectivity index (χ0) is 15.9. The minimum atomic E-state index is -0.0334. The van der Waals surface area contributed by atoms with Gasteiger partial charge in [0.1, 0.15) is 0 Å². The average Bonchev–Trinajstić information content (AvgIpc) is 2.56. The number of nitrogens with one attached hydrogen (secondary N) is 2. The van der Waals surface area contributed by atoms with E-state index >= 15 is 0 Å². The second kappa shape index (κ2) is 9.53. The second-order valence-corrected chi connectivity index (χ2v) is 5.90. The summed E-state index contributed by atoms with van der Waals surface area (Å²) in [6, 6.07) is 9.52. The van der Waals surface area contributed by atoms with Gasteiger partial charge >= 0.3 is 0 Å². The van der Waals surface area contributed by atoms with Crippen LogP contribution in [-0.4, -0.2) is 49.4 Å². The molecular formula is C17H26ClN3O2. The lowest BCUT2D eigenvalue weighted by Gasteiger charge is -2.33. The Hall–Kier alpha value is -1.59. The molecule has 1 aliphatic rings. The highest BCUT2D eigenvalue weighted by Crippen LogP contribution is 2.14. The molecule has 0 radical (unpaired) electrons. The van der Waals surface area contributed by atoms with E-state index in [0.717, 1.165) is 18.4 Å². The van der Waals surface area contributed by atoms with Gasteiger partial charge in [0.05, 0.1) is 0 Å². The van der Waals surface area contributed by atoms with Gasteiger partial charge in [-0.05, 0) is 32.0 Å². The summed E-state index contributed by atoms with van der Waals surface area (Å²) in [6.07, 6.45) is 1.63. The minimum absolute atomic E-state index is 0. The Labute approximate surface area is 144 Å². The molecule has 0 bridgehead atoms. The summed E-state index contributed by atoms with van der Waals surface area (Å²) in [5.74, 6) is 0.130. The highest BCUT2D eigenvalue weighted by molar-refractivity contribution is 5.94. The van der Waals surface area contributed by atoms with Crippen molar-refractivity contribution >= 4 is 24.2 Å². The van der Waals surface area contributed by atoms with Crippen LogP contribution in [0.25, 0.3) is 0 Å². The molecule has 1 aromatic carbocycles. The largest absolute Gasteiger partial charge is 0.353 e. The van der Waals surface area contributed by atoms with Crippen molar-refractivity contribution in [3.63, 3.8) is 0 Å². The van der Waals surface area contributed by atoms with Gasteiger partial charge in [-0.25, -0.2) is 0 Å². The van der Waals surface area contributed by atoms with E-state index in [4.69, 9.17) is 0 Å². The summed E-state index contributed by atoms with van der Waals surface area (Å²) in [6.45, 7) is 3.98. The van der Waals surface area contributed by atoms with Gasteiger partial charge in [0, 0.05) is 37.2 Å². The van der Waals surface area contributed by atoms with Gasteiger partial charge in [-0.3, -0.25) is 9.59 Å². The van der Waals surface area contributed by atoms with Crippen molar-refractivity contribution in [2.24, 2.45) is 5.92 Å². The van der Waals surface area contributed by atoms with Gasteiger partial charge in [-0.1, -0.05) is 25.1 Å². The van der Waals surface area contributed by atoms with Crippen LogP contribution < -0.4 is 10.6 Å². The van der Waals surface area contributed by atoms with Gasteiger partial charge in [-0.2, -0.15) is 0 Å². The fourth-order valence-electron chi connectivity index (χ4n) is 2.73. The molecule has 2 N–H and O–H groups in total. The third-order valence-corrected chi connectivity index (χ3v) is 4.11. The molecule has 5 nitrogen and oxygen atoms in total. The Bertz CT molecular complexity index is 502. The van der Waals surface area contributed by atoms with Gasteiger partial charge in [0.25, 0.3) is 5.91 Å². The minimum Gasteiger partial charge on any atom is -0.353 e. The third-order valence-electron chi connectivity index (χ3n) is 4.11. The van der Waals surface area contributed by atoms with Gasteiger partial charge in [0.15, 0.2) is 0 Å². The zero-order valence-corrected chi connectivity index (χ0v) is 14.6. The van der Waals surface area contributed by atoms with E-state index in [1.54, 1.807) is 0 Å². The molecule has 1 aromatic rings. The van der Waals surface area contributed by atoms with Gasteiger partial charge < -0.3 is 15.5 Å². The first-order chi connectivity index (χ1) is 10.6. The van der Waals surface area contributed by atoms with E-state index in [2.05, 4.69) is 10.6 Å². The lowest BCUT2D eigenvalue weighted by molar-refractivity contribution is -0.125. The quantitative estimate of drug-likeness (QED) is 0.858. The van der Waals surface area contributed by atoms with Crippen molar-refractivity contribution in [1.29, 1.82) is 0 Å². The molecule has 128 valence electrons. The molecule has 23 heavy (non-hydrogen) atoms. The molecular weight excluding hydrogens is 314 g/mol. The molecule has 0 aromatic heterocycles. The fraction of sp³-hybridized carbons (Fsp3) is 0.529. The number of amides is 2. The number of likely N-dealkylation sites (tertiary alicyclic amines) is 1. The van der Waals surface area contributed by atoms with Crippen LogP contribution >= 0.6 is 12.4 Å². The topological polar surface area (TPSA) is 61.4 Å². The molecule has 0 saturated carbocycles. The highest BCUT2D eigenvalue weighted by Gasteiger charge is 2.25. The Morgan fingerprint density at radius 2 is 1.83 bits per heavy atom. The molecule has 0 aliphatic carbocycles. The number of benzene rings is 1. The van der Waals surface area contributed by atoms with E-state index in [0.29, 0.717) is 19.6 Å². The molecule has 1 atom stereocenters. The van der Waals surface area contributed by atoms with Crippen LogP contribution in [0.4, 0.5) is 0 Å². The molecule has 2 rings (SSSR count). The summed E-state index contributed by atoms with van der Waals surface area (Å²) >= 11 is 0. The van der Waals surface area contributed by atoms with Crippen molar-refractivity contribution in [3.8, 4) is 0 Å². The number of halogens is 1. The van der Waals surface area contributed by atoms with Crippen LogP contribution in [0.1, 0.15) is 30.1 Å². The maximum absolute atomic E-state index is 12.4. The summed E-state index contributed by atoms with van der Waals surface area (Å²) in [7, 11) is 1.84. The fourth-order valence-corrected chi connectivity index (χ4v) is 2.73. The zero-order valence-electron chi connectivity index (χ0n) is 13.7. The number of hydrogen-bond acceptors (Lipinski definition) is 3. The molecule has 1 unspecified atom stereocenters. The summed E-state index contributed by atoms with van der Waals surface area (Å²) < 4.78 is 0. The van der Waals surface area contributed by atoms with Crippen LogP contribution in [-0.2, 0) is 4.79 Å². The van der Waals surface area contributed by atoms with Crippen molar-refractivity contribution in [2.75, 3.05) is 26.7 Å². The van der Waals surface area contributed by atoms with E-state index in [1.807, 2.05) is 49.2 Å². The maximum Gasteiger partial charge on any atom is 0.253 e. The lowest BCUT2D eigenvalue weighted by atomic mass is 10.0. The number of rotatable bonds is 5. The molecule has 1 aliphatic heterocycles. The van der Waals surface area contributed by atoms with Crippen LogP contribution in [0.3, 0.4) is 0 Å². The van der Waals surface area contributed by atoms with Crippen molar-refractivity contribution in [1.82, 2.24) is 15.5 Å². The van der Waals surface area contributed by atoms with E-state index < -0.39 is 0 Å². The first kappa shape index (κ1) is 19.5. The number of carbonyl (C=O) groups is 2. The maximum atomic E-state index is 12.4. The molecule has 6 heteroatoms. The Balaban J connectivity index is 0.00000264. The highest BCUT2D eigenvalue weighted by atomic mass is 35.5. The Kier molecular flexibility index (Phi) is 8.06. The molecule has 2 amide bonds. The molecule has 0 spiro atoms. The van der Waals surface area contributed by atoms with Crippen LogP contribution in [0, 0.1) is 5.92 Å².